The number of nitro groups is 1. The first-order valence-electron chi connectivity index (χ1n) is 11.3. The second kappa shape index (κ2) is 9.78. The Morgan fingerprint density at radius 3 is 2.36 bits per heavy atom. The van der Waals surface area contributed by atoms with Crippen molar-refractivity contribution in [2.24, 2.45) is 0 Å². The molecule has 0 spiro atoms. The molecule has 1 aliphatic heterocycles. The van der Waals surface area contributed by atoms with Crippen molar-refractivity contribution >= 4 is 22.6 Å². The number of hydrogen-bond acceptors (Lipinski definition) is 5. The minimum Gasteiger partial charge on any atom is -0.375 e. The first kappa shape index (κ1) is 25.5. The van der Waals surface area contributed by atoms with Crippen LogP contribution in [0.2, 0.25) is 0 Å². The van der Waals surface area contributed by atoms with E-state index < -0.39 is 23.2 Å². The highest BCUT2D eigenvalue weighted by atomic mass is 19.4. The molecule has 1 atom stereocenters. The molecule has 1 unspecified atom stereocenters. The van der Waals surface area contributed by atoms with Gasteiger partial charge in [0.05, 0.1) is 10.4 Å². The smallest absolute Gasteiger partial charge is 0.375 e. The summed E-state index contributed by atoms with van der Waals surface area (Å²) in [5.74, 6) is 0. The molecule has 4 rings (SSSR count). The molecule has 0 radical (unpaired) electrons. The van der Waals surface area contributed by atoms with Gasteiger partial charge in [-0.05, 0) is 11.6 Å². The number of non-ortho nitro benzene ring substituents is 1. The molecule has 1 fully saturated rings. The molecule has 2 heterocycles. The number of nitro benzene ring substituents is 1. The van der Waals surface area contributed by atoms with E-state index in [0.717, 1.165) is 11.6 Å². The van der Waals surface area contributed by atoms with Crippen molar-refractivity contribution in [1.29, 1.82) is 0 Å². The number of fused-ring (bicyclic) bond motifs is 1. The van der Waals surface area contributed by atoms with Gasteiger partial charge >= 0.3 is 12.2 Å². The number of carbonyl (C=O) groups is 1. The molecule has 3 aromatic rings. The zero-order valence-corrected chi connectivity index (χ0v) is 19.5. The lowest BCUT2D eigenvalue weighted by atomic mass is 9.91. The number of aromatic nitrogens is 1. The van der Waals surface area contributed by atoms with Crippen LogP contribution in [0.15, 0.2) is 54.7 Å². The SMILES string of the molecule is CNC(=O)N1CCN(CC(O)(c2cn(Cc3ccccc3)c3cc([N+](=O)[O-])ccc23)C(F)(F)F)CC1. The summed E-state index contributed by atoms with van der Waals surface area (Å²) in [7, 11) is 1.48. The van der Waals surface area contributed by atoms with E-state index >= 15 is 0 Å². The lowest BCUT2D eigenvalue weighted by Crippen LogP contribution is -2.57. The predicted molar refractivity (Wildman–Crippen MR) is 127 cm³/mol. The van der Waals surface area contributed by atoms with Gasteiger partial charge in [0.1, 0.15) is 0 Å². The highest BCUT2D eigenvalue weighted by Gasteiger charge is 2.57. The van der Waals surface area contributed by atoms with Crippen LogP contribution in [0.5, 0.6) is 0 Å². The largest absolute Gasteiger partial charge is 0.422 e. The van der Waals surface area contributed by atoms with Gasteiger partial charge in [-0.2, -0.15) is 13.2 Å². The maximum Gasteiger partial charge on any atom is 0.422 e. The summed E-state index contributed by atoms with van der Waals surface area (Å²) in [6, 6.07) is 12.3. The Hall–Kier alpha value is -3.64. The number of carbonyl (C=O) groups excluding carboxylic acids is 1. The fourth-order valence-electron chi connectivity index (χ4n) is 4.55. The first-order valence-corrected chi connectivity index (χ1v) is 11.3. The number of amides is 2. The Labute approximate surface area is 204 Å². The molecular weight excluding hydrogens is 479 g/mol. The number of alkyl halides is 3. The summed E-state index contributed by atoms with van der Waals surface area (Å²) in [4.78, 5) is 25.5. The summed E-state index contributed by atoms with van der Waals surface area (Å²) in [5, 5.41) is 25.2. The Morgan fingerprint density at radius 2 is 1.78 bits per heavy atom. The summed E-state index contributed by atoms with van der Waals surface area (Å²) >= 11 is 0. The molecule has 0 saturated carbocycles. The van der Waals surface area contributed by atoms with Crippen LogP contribution in [0.4, 0.5) is 23.7 Å². The van der Waals surface area contributed by atoms with Gasteiger partial charge in [-0.1, -0.05) is 30.3 Å². The van der Waals surface area contributed by atoms with Gasteiger partial charge in [-0.15, -0.1) is 0 Å². The van der Waals surface area contributed by atoms with E-state index in [9.17, 15) is 33.2 Å². The van der Waals surface area contributed by atoms with Crippen LogP contribution in [0.1, 0.15) is 11.1 Å². The number of urea groups is 1. The van der Waals surface area contributed by atoms with Crippen molar-refractivity contribution in [1.82, 2.24) is 19.7 Å². The zero-order valence-electron chi connectivity index (χ0n) is 19.5. The fraction of sp³-hybridized carbons (Fsp3) is 0.375. The standard InChI is InChI=1S/C24H26F3N5O4/c1-28-22(33)30-11-9-29(10-12-30)16-23(34,24(25,26)27)20-15-31(14-17-5-3-2-4-6-17)21-13-18(32(35)36)7-8-19(20)21/h2-8,13,15,34H,9-12,14,16H2,1H3,(H,28,33). The Bertz CT molecular complexity index is 1260. The number of nitrogens with one attached hydrogen (secondary N) is 1. The lowest BCUT2D eigenvalue weighted by Gasteiger charge is -2.40. The van der Waals surface area contributed by atoms with E-state index in [0.29, 0.717) is 0 Å². The summed E-state index contributed by atoms with van der Waals surface area (Å²) < 4.78 is 45.0. The highest BCUT2D eigenvalue weighted by molar-refractivity contribution is 5.87. The number of aliphatic hydroxyl groups is 1. The monoisotopic (exact) mass is 505 g/mol. The number of benzene rings is 2. The molecule has 36 heavy (non-hydrogen) atoms. The Kier molecular flexibility index (Phi) is 6.92. The van der Waals surface area contributed by atoms with Gasteiger partial charge in [0.2, 0.25) is 5.60 Å². The van der Waals surface area contributed by atoms with Crippen LogP contribution >= 0.6 is 0 Å². The van der Waals surface area contributed by atoms with E-state index in [4.69, 9.17) is 0 Å². The van der Waals surface area contributed by atoms with Gasteiger partial charge < -0.3 is 19.9 Å². The van der Waals surface area contributed by atoms with E-state index in [-0.39, 0.29) is 60.9 Å². The molecule has 2 aromatic carbocycles. The quantitative estimate of drug-likeness (QED) is 0.395. The molecule has 192 valence electrons. The fourth-order valence-corrected chi connectivity index (χ4v) is 4.55. The third kappa shape index (κ3) is 4.86. The average Bonchev–Trinajstić information content (AvgIpc) is 3.22. The van der Waals surface area contributed by atoms with Crippen molar-refractivity contribution in [2.75, 3.05) is 39.8 Å². The van der Waals surface area contributed by atoms with Crippen molar-refractivity contribution in [3.8, 4) is 0 Å². The number of halogens is 3. The number of nitrogens with zero attached hydrogens (tertiary/aromatic N) is 4. The summed E-state index contributed by atoms with van der Waals surface area (Å²) in [5.41, 5.74) is -2.87. The maximum atomic E-state index is 14.5. The van der Waals surface area contributed by atoms with Gasteiger partial charge in [0.25, 0.3) is 5.69 Å². The van der Waals surface area contributed by atoms with E-state index in [1.165, 1.54) is 39.7 Å². The second-order valence-corrected chi connectivity index (χ2v) is 8.79. The number of hydrogen-bond donors (Lipinski definition) is 2. The van der Waals surface area contributed by atoms with Crippen molar-refractivity contribution < 1.29 is 28.0 Å². The predicted octanol–water partition coefficient (Wildman–Crippen LogP) is 3.30. The third-order valence-corrected chi connectivity index (χ3v) is 6.51. The molecule has 2 amide bonds. The molecule has 12 heteroatoms. The van der Waals surface area contributed by atoms with Crippen LogP contribution in [-0.2, 0) is 12.1 Å². The third-order valence-electron chi connectivity index (χ3n) is 6.51. The van der Waals surface area contributed by atoms with Crippen LogP contribution in [0.3, 0.4) is 0 Å². The van der Waals surface area contributed by atoms with Crippen molar-refractivity contribution in [3.63, 3.8) is 0 Å². The molecular formula is C24H26F3N5O4. The van der Waals surface area contributed by atoms with Crippen molar-refractivity contribution in [2.45, 2.75) is 18.3 Å². The summed E-state index contributed by atoms with van der Waals surface area (Å²) in [6.45, 7) is 0.168. The van der Waals surface area contributed by atoms with Crippen LogP contribution < -0.4 is 5.32 Å². The second-order valence-electron chi connectivity index (χ2n) is 8.79. The Balaban J connectivity index is 1.75. The number of piperazine rings is 1. The topological polar surface area (TPSA) is 104 Å². The molecule has 0 aliphatic carbocycles. The first-order chi connectivity index (χ1) is 17.0. The molecule has 9 nitrogen and oxygen atoms in total. The molecule has 0 bridgehead atoms. The van der Waals surface area contributed by atoms with Crippen molar-refractivity contribution in [3.05, 3.63) is 76.0 Å². The Morgan fingerprint density at radius 1 is 1.11 bits per heavy atom. The van der Waals surface area contributed by atoms with Crippen LogP contribution in [0.25, 0.3) is 10.9 Å². The van der Waals surface area contributed by atoms with E-state index in [2.05, 4.69) is 5.32 Å². The normalized spacial score (nSPS) is 16.6. The van der Waals surface area contributed by atoms with Crippen LogP contribution in [-0.4, -0.2) is 76.4 Å². The van der Waals surface area contributed by atoms with E-state index in [1.807, 2.05) is 0 Å². The van der Waals surface area contributed by atoms with Crippen LogP contribution in [0, 0.1) is 10.1 Å². The molecule has 1 aromatic heterocycles. The zero-order chi connectivity index (χ0) is 26.1. The van der Waals surface area contributed by atoms with Gasteiger partial charge in [0.15, 0.2) is 0 Å². The number of rotatable bonds is 6. The minimum absolute atomic E-state index is 0.0837. The summed E-state index contributed by atoms with van der Waals surface area (Å²) in [6.07, 6.45) is -3.80. The number of β-amino-alcohol motifs (C(OH)–C–C–N with tert-alkyl or cyclic N) is 1. The van der Waals surface area contributed by atoms with E-state index in [1.54, 1.807) is 30.3 Å². The maximum absolute atomic E-state index is 14.5. The van der Waals surface area contributed by atoms with Gasteiger partial charge in [-0.3, -0.25) is 15.0 Å². The highest BCUT2D eigenvalue weighted by Crippen LogP contribution is 2.44. The molecule has 1 saturated heterocycles. The average molecular weight is 505 g/mol. The molecule has 2 N–H and O–H groups in total. The van der Waals surface area contributed by atoms with Gasteiger partial charge in [-0.25, -0.2) is 4.79 Å². The molecule has 1 aliphatic rings. The lowest BCUT2D eigenvalue weighted by molar-refractivity contribution is -0.384. The minimum atomic E-state index is -5.03. The van der Waals surface area contributed by atoms with Gasteiger partial charge in [0, 0.05) is 75.6 Å².